The fourth-order valence-electron chi connectivity index (χ4n) is 1.33. The molecule has 6 heteroatoms. The lowest BCUT2D eigenvalue weighted by molar-refractivity contribution is -0.145. The van der Waals surface area contributed by atoms with Gasteiger partial charge >= 0.3 is 11.9 Å². The lowest BCUT2D eigenvalue weighted by Crippen LogP contribution is -2.17. The average molecular weight is 247 g/mol. The second-order valence-electron chi connectivity index (χ2n) is 3.12. The molecule has 0 aliphatic heterocycles. The predicted molar refractivity (Wildman–Crippen MR) is 54.0 cm³/mol. The van der Waals surface area contributed by atoms with Crippen LogP contribution < -0.4 is 0 Å². The maximum atomic E-state index is 13.4. The summed E-state index contributed by atoms with van der Waals surface area (Å²) in [6.07, 6.45) is -0.712. The first-order valence-electron chi connectivity index (χ1n) is 4.32. The van der Waals surface area contributed by atoms with Gasteiger partial charge in [-0.2, -0.15) is 0 Å². The minimum atomic E-state index is -1.48. The molecule has 0 bridgehead atoms. The number of aliphatic carboxylic acids is 2. The molecule has 1 unspecified atom stereocenters. The molecule has 0 saturated heterocycles. The zero-order valence-corrected chi connectivity index (χ0v) is 8.74. The Kier molecular flexibility index (Phi) is 3.84. The van der Waals surface area contributed by atoms with Gasteiger partial charge in [0.2, 0.25) is 0 Å². The maximum Gasteiger partial charge on any atom is 0.311 e. The predicted octanol–water partition coefficient (Wildman–Crippen LogP) is 2.12. The third-order valence-corrected chi connectivity index (χ3v) is 2.35. The van der Waals surface area contributed by atoms with Gasteiger partial charge in [0, 0.05) is 10.6 Å². The zero-order chi connectivity index (χ0) is 12.3. The number of carboxylic acid groups (broad SMARTS) is 2. The summed E-state index contributed by atoms with van der Waals surface area (Å²) in [4.78, 5) is 21.3. The molecule has 16 heavy (non-hydrogen) atoms. The van der Waals surface area contributed by atoms with E-state index in [0.29, 0.717) is 0 Å². The van der Waals surface area contributed by atoms with Gasteiger partial charge < -0.3 is 10.2 Å². The summed E-state index contributed by atoms with van der Waals surface area (Å²) in [6, 6.07) is 3.68. The van der Waals surface area contributed by atoms with Crippen molar-refractivity contribution in [2.45, 2.75) is 12.3 Å². The first-order valence-corrected chi connectivity index (χ1v) is 4.69. The van der Waals surface area contributed by atoms with Crippen LogP contribution in [0.5, 0.6) is 0 Å². The van der Waals surface area contributed by atoms with E-state index in [4.69, 9.17) is 21.8 Å². The molecular weight excluding hydrogens is 239 g/mol. The molecule has 0 aromatic heterocycles. The van der Waals surface area contributed by atoms with E-state index in [-0.39, 0.29) is 10.6 Å². The van der Waals surface area contributed by atoms with Crippen LogP contribution in [0.15, 0.2) is 18.2 Å². The van der Waals surface area contributed by atoms with Gasteiger partial charge in [0.1, 0.15) is 5.82 Å². The molecule has 0 heterocycles. The molecule has 0 spiro atoms. The number of rotatable bonds is 4. The monoisotopic (exact) mass is 246 g/mol. The quantitative estimate of drug-likeness (QED) is 0.853. The van der Waals surface area contributed by atoms with E-state index in [1.165, 1.54) is 12.1 Å². The Labute approximate surface area is 95.3 Å². The fourth-order valence-corrected chi connectivity index (χ4v) is 1.63. The van der Waals surface area contributed by atoms with Crippen LogP contribution in [-0.2, 0) is 9.59 Å². The normalized spacial score (nSPS) is 12.1. The van der Waals surface area contributed by atoms with Crippen molar-refractivity contribution in [1.82, 2.24) is 0 Å². The van der Waals surface area contributed by atoms with Crippen molar-refractivity contribution in [1.29, 1.82) is 0 Å². The van der Waals surface area contributed by atoms with E-state index < -0.39 is 30.1 Å². The van der Waals surface area contributed by atoms with Crippen LogP contribution in [0.4, 0.5) is 4.39 Å². The number of halogens is 2. The highest BCUT2D eigenvalue weighted by Crippen LogP contribution is 2.29. The molecule has 1 aromatic rings. The van der Waals surface area contributed by atoms with E-state index in [2.05, 4.69) is 0 Å². The van der Waals surface area contributed by atoms with E-state index in [1.807, 2.05) is 0 Å². The minimum Gasteiger partial charge on any atom is -0.481 e. The largest absolute Gasteiger partial charge is 0.481 e. The fraction of sp³-hybridized carbons (Fsp3) is 0.200. The second-order valence-corrected chi connectivity index (χ2v) is 3.53. The first kappa shape index (κ1) is 12.4. The van der Waals surface area contributed by atoms with E-state index >= 15 is 0 Å². The number of hydrogen-bond acceptors (Lipinski definition) is 2. The number of benzene rings is 1. The van der Waals surface area contributed by atoms with Gasteiger partial charge in [-0.05, 0) is 12.1 Å². The standard InChI is InChI=1S/C10H8ClFO4/c11-6-2-1-3-7(12)9(6)5(10(15)16)4-8(13)14/h1-3,5H,4H2,(H,13,14)(H,15,16). The Balaban J connectivity index is 3.20. The van der Waals surface area contributed by atoms with E-state index in [9.17, 15) is 14.0 Å². The van der Waals surface area contributed by atoms with Crippen LogP contribution in [0.3, 0.4) is 0 Å². The van der Waals surface area contributed by atoms with Crippen molar-refractivity contribution in [2.24, 2.45) is 0 Å². The summed E-state index contributed by atoms with van der Waals surface area (Å²) >= 11 is 5.66. The Morgan fingerprint density at radius 1 is 1.38 bits per heavy atom. The van der Waals surface area contributed by atoms with Gasteiger partial charge in [-0.1, -0.05) is 17.7 Å². The van der Waals surface area contributed by atoms with Crippen LogP contribution in [0.25, 0.3) is 0 Å². The number of hydrogen-bond donors (Lipinski definition) is 2. The highest BCUT2D eigenvalue weighted by Gasteiger charge is 2.28. The maximum absolute atomic E-state index is 13.4. The molecular formula is C10H8ClFO4. The van der Waals surface area contributed by atoms with Crippen molar-refractivity contribution in [3.05, 3.63) is 34.6 Å². The van der Waals surface area contributed by atoms with Gasteiger partial charge in [-0.25, -0.2) is 4.39 Å². The lowest BCUT2D eigenvalue weighted by Gasteiger charge is -2.12. The molecule has 86 valence electrons. The van der Waals surface area contributed by atoms with Crippen LogP contribution in [0, 0.1) is 5.82 Å². The molecule has 1 atom stereocenters. The third kappa shape index (κ3) is 2.70. The van der Waals surface area contributed by atoms with Gasteiger partial charge in [0.25, 0.3) is 0 Å². The SMILES string of the molecule is O=C(O)CC(C(=O)O)c1c(F)cccc1Cl. The molecule has 0 radical (unpaired) electrons. The van der Waals surface area contributed by atoms with Crippen molar-refractivity contribution in [3.63, 3.8) is 0 Å². The van der Waals surface area contributed by atoms with Gasteiger partial charge in [-0.3, -0.25) is 9.59 Å². The van der Waals surface area contributed by atoms with Crippen molar-refractivity contribution >= 4 is 23.5 Å². The van der Waals surface area contributed by atoms with Crippen LogP contribution in [0.2, 0.25) is 5.02 Å². The molecule has 1 aromatic carbocycles. The summed E-state index contributed by atoms with van der Waals surface area (Å²) in [5, 5.41) is 17.3. The van der Waals surface area contributed by atoms with Gasteiger partial charge in [0.05, 0.1) is 12.3 Å². The minimum absolute atomic E-state index is 0.0892. The van der Waals surface area contributed by atoms with Crippen LogP contribution in [0.1, 0.15) is 17.9 Å². The summed E-state index contributed by atoms with van der Waals surface area (Å²) < 4.78 is 13.4. The Hall–Kier alpha value is -1.62. The molecule has 0 amide bonds. The Morgan fingerprint density at radius 3 is 2.44 bits per heavy atom. The van der Waals surface area contributed by atoms with Crippen molar-refractivity contribution in [3.8, 4) is 0 Å². The van der Waals surface area contributed by atoms with Crippen molar-refractivity contribution in [2.75, 3.05) is 0 Å². The third-order valence-electron chi connectivity index (χ3n) is 2.03. The first-order chi connectivity index (χ1) is 7.43. The summed E-state index contributed by atoms with van der Waals surface area (Å²) in [7, 11) is 0. The van der Waals surface area contributed by atoms with E-state index in [1.54, 1.807) is 0 Å². The Morgan fingerprint density at radius 2 is 2.00 bits per heavy atom. The zero-order valence-electron chi connectivity index (χ0n) is 7.98. The molecule has 4 nitrogen and oxygen atoms in total. The molecule has 1 rings (SSSR count). The molecule has 0 aliphatic carbocycles. The summed E-state index contributed by atoms with van der Waals surface area (Å²) in [6.45, 7) is 0. The number of carboxylic acids is 2. The molecule has 0 saturated carbocycles. The average Bonchev–Trinajstić information content (AvgIpc) is 2.15. The number of carbonyl (C=O) groups is 2. The topological polar surface area (TPSA) is 74.6 Å². The second kappa shape index (κ2) is 4.94. The van der Waals surface area contributed by atoms with Crippen molar-refractivity contribution < 1.29 is 24.2 Å². The van der Waals surface area contributed by atoms with E-state index in [0.717, 1.165) is 6.07 Å². The Bertz CT molecular complexity index is 413. The highest BCUT2D eigenvalue weighted by molar-refractivity contribution is 6.31. The molecule has 0 fully saturated rings. The lowest BCUT2D eigenvalue weighted by atomic mass is 9.95. The van der Waals surface area contributed by atoms with Gasteiger partial charge in [0.15, 0.2) is 0 Å². The van der Waals surface area contributed by atoms with Gasteiger partial charge in [-0.15, -0.1) is 0 Å². The molecule has 2 N–H and O–H groups in total. The highest BCUT2D eigenvalue weighted by atomic mass is 35.5. The molecule has 0 aliphatic rings. The van der Waals surface area contributed by atoms with Crippen LogP contribution >= 0.6 is 11.6 Å². The van der Waals surface area contributed by atoms with Crippen LogP contribution in [-0.4, -0.2) is 22.2 Å². The summed E-state index contributed by atoms with van der Waals surface area (Å²) in [5.41, 5.74) is -0.293. The smallest absolute Gasteiger partial charge is 0.311 e. The summed E-state index contributed by atoms with van der Waals surface area (Å²) in [5.74, 6) is -5.05.